The molecule has 1 spiro atoms. The molecule has 0 amide bonds. The van der Waals surface area contributed by atoms with Gasteiger partial charge in [-0.25, -0.2) is 0 Å². The summed E-state index contributed by atoms with van der Waals surface area (Å²) >= 11 is 0. The molecule has 0 atom stereocenters. The van der Waals surface area contributed by atoms with E-state index in [2.05, 4.69) is 0 Å². The van der Waals surface area contributed by atoms with E-state index in [9.17, 15) is 4.79 Å². The topological polar surface area (TPSA) is 44.8 Å². The van der Waals surface area contributed by atoms with Crippen LogP contribution < -0.4 is 0 Å². The first-order chi connectivity index (χ1) is 5.81. The van der Waals surface area contributed by atoms with E-state index in [1.807, 2.05) is 0 Å². The summed E-state index contributed by atoms with van der Waals surface area (Å²) in [5.41, 5.74) is 0. The van der Waals surface area contributed by atoms with Crippen LogP contribution in [0.5, 0.6) is 0 Å². The van der Waals surface area contributed by atoms with E-state index >= 15 is 0 Å². The summed E-state index contributed by atoms with van der Waals surface area (Å²) in [5.74, 6) is -0.752. The number of carbonyl (C=O) groups is 1. The average Bonchev–Trinajstić information content (AvgIpc) is 2.42. The van der Waals surface area contributed by atoms with Gasteiger partial charge in [0.2, 0.25) is 5.79 Å². The first-order valence-corrected chi connectivity index (χ1v) is 4.24. The second-order valence-electron chi connectivity index (χ2n) is 3.12. The fourth-order valence-electron chi connectivity index (χ4n) is 1.56. The van der Waals surface area contributed by atoms with Gasteiger partial charge in [-0.15, -0.1) is 0 Å². The molecular formula is C8H12O4. The number of hydrogen-bond donors (Lipinski definition) is 0. The molecule has 12 heavy (non-hydrogen) atoms. The van der Waals surface area contributed by atoms with E-state index in [-0.39, 0.29) is 12.6 Å². The predicted molar refractivity (Wildman–Crippen MR) is 39.4 cm³/mol. The normalized spacial score (nSPS) is 28.5. The number of rotatable bonds is 0. The maximum Gasteiger partial charge on any atom is 0.305 e. The first-order valence-electron chi connectivity index (χ1n) is 4.24. The van der Waals surface area contributed by atoms with Crippen LogP contribution in [0.1, 0.15) is 19.3 Å². The van der Waals surface area contributed by atoms with Gasteiger partial charge in [-0.05, 0) is 6.42 Å². The van der Waals surface area contributed by atoms with Gasteiger partial charge in [0.25, 0.3) is 0 Å². The zero-order valence-corrected chi connectivity index (χ0v) is 6.88. The molecule has 4 heteroatoms. The van der Waals surface area contributed by atoms with Crippen LogP contribution in [0.25, 0.3) is 0 Å². The summed E-state index contributed by atoms with van der Waals surface area (Å²) in [7, 11) is 0. The lowest BCUT2D eigenvalue weighted by molar-refractivity contribution is -0.194. The van der Waals surface area contributed by atoms with E-state index in [0.29, 0.717) is 19.6 Å². The summed E-state index contributed by atoms with van der Waals surface area (Å²) in [6.45, 7) is 1.47. The number of cyclic esters (lactones) is 1. The maximum absolute atomic E-state index is 10.9. The standard InChI is InChI=1S/C8H12O4/c9-7-2-1-3-8(6-10-7)11-4-5-12-8/h1-6H2. The van der Waals surface area contributed by atoms with E-state index in [4.69, 9.17) is 14.2 Å². The Morgan fingerprint density at radius 3 is 2.75 bits per heavy atom. The summed E-state index contributed by atoms with van der Waals surface area (Å²) < 4.78 is 15.8. The third-order valence-electron chi connectivity index (χ3n) is 2.21. The van der Waals surface area contributed by atoms with Gasteiger partial charge in [-0.1, -0.05) is 0 Å². The van der Waals surface area contributed by atoms with Gasteiger partial charge in [0.15, 0.2) is 0 Å². The monoisotopic (exact) mass is 172 g/mol. The van der Waals surface area contributed by atoms with Gasteiger partial charge in [0.1, 0.15) is 6.61 Å². The molecule has 0 N–H and O–H groups in total. The van der Waals surface area contributed by atoms with Crippen molar-refractivity contribution in [1.29, 1.82) is 0 Å². The molecule has 2 fully saturated rings. The van der Waals surface area contributed by atoms with Crippen molar-refractivity contribution in [3.8, 4) is 0 Å². The quantitative estimate of drug-likeness (QED) is 0.498. The molecule has 2 heterocycles. The molecular weight excluding hydrogens is 160 g/mol. The minimum atomic E-state index is -0.605. The second-order valence-corrected chi connectivity index (χ2v) is 3.12. The van der Waals surface area contributed by atoms with E-state index in [1.54, 1.807) is 0 Å². The Hall–Kier alpha value is -0.610. The molecule has 0 aliphatic carbocycles. The minimum absolute atomic E-state index is 0.147. The summed E-state index contributed by atoms with van der Waals surface area (Å²) in [6, 6.07) is 0. The number of carbonyl (C=O) groups excluding carboxylic acids is 1. The van der Waals surface area contributed by atoms with Crippen molar-refractivity contribution in [2.75, 3.05) is 19.8 Å². The number of ether oxygens (including phenoxy) is 3. The lowest BCUT2D eigenvalue weighted by Gasteiger charge is -2.23. The van der Waals surface area contributed by atoms with Crippen LogP contribution in [-0.4, -0.2) is 31.6 Å². The lowest BCUT2D eigenvalue weighted by atomic mass is 10.1. The molecule has 2 saturated heterocycles. The molecule has 2 aliphatic rings. The van der Waals surface area contributed by atoms with Crippen LogP contribution in [0.15, 0.2) is 0 Å². The molecule has 0 saturated carbocycles. The molecule has 4 nitrogen and oxygen atoms in total. The predicted octanol–water partition coefficient (Wildman–Crippen LogP) is 0.457. The summed E-state index contributed by atoms with van der Waals surface area (Å²) in [6.07, 6.45) is 2.03. The highest BCUT2D eigenvalue weighted by Gasteiger charge is 2.39. The molecule has 2 aliphatic heterocycles. The fraction of sp³-hybridized carbons (Fsp3) is 0.875. The van der Waals surface area contributed by atoms with E-state index in [0.717, 1.165) is 12.8 Å². The van der Waals surface area contributed by atoms with Crippen LogP contribution in [0.2, 0.25) is 0 Å². The number of esters is 1. The van der Waals surface area contributed by atoms with Crippen LogP contribution in [0.3, 0.4) is 0 Å². The second kappa shape index (κ2) is 3.03. The molecule has 0 radical (unpaired) electrons. The van der Waals surface area contributed by atoms with Crippen LogP contribution >= 0.6 is 0 Å². The Morgan fingerprint density at radius 2 is 2.00 bits per heavy atom. The average molecular weight is 172 g/mol. The van der Waals surface area contributed by atoms with Crippen molar-refractivity contribution < 1.29 is 19.0 Å². The third-order valence-corrected chi connectivity index (χ3v) is 2.21. The zero-order valence-electron chi connectivity index (χ0n) is 6.88. The molecule has 0 unspecified atom stereocenters. The smallest absolute Gasteiger partial charge is 0.305 e. The molecule has 68 valence electrons. The highest BCUT2D eigenvalue weighted by Crippen LogP contribution is 2.28. The van der Waals surface area contributed by atoms with Crippen molar-refractivity contribution in [3.05, 3.63) is 0 Å². The Bertz CT molecular complexity index is 183. The SMILES string of the molecule is O=C1CCCC2(CO1)OCCO2. The Kier molecular flexibility index (Phi) is 2.02. The molecule has 0 aromatic rings. The third kappa shape index (κ3) is 1.44. The van der Waals surface area contributed by atoms with Gasteiger partial charge in [0, 0.05) is 12.8 Å². The Balaban J connectivity index is 2.01. The van der Waals surface area contributed by atoms with E-state index < -0.39 is 5.79 Å². The maximum atomic E-state index is 10.9. The van der Waals surface area contributed by atoms with Gasteiger partial charge in [-0.3, -0.25) is 4.79 Å². The molecule has 0 aromatic heterocycles. The van der Waals surface area contributed by atoms with Crippen LogP contribution in [-0.2, 0) is 19.0 Å². The molecule has 0 aromatic carbocycles. The van der Waals surface area contributed by atoms with Gasteiger partial charge in [-0.2, -0.15) is 0 Å². The van der Waals surface area contributed by atoms with Crippen molar-refractivity contribution in [1.82, 2.24) is 0 Å². The van der Waals surface area contributed by atoms with Gasteiger partial charge in [0.05, 0.1) is 13.2 Å². The highest BCUT2D eigenvalue weighted by molar-refractivity contribution is 5.69. The first kappa shape index (κ1) is 8.01. The van der Waals surface area contributed by atoms with Crippen molar-refractivity contribution in [3.63, 3.8) is 0 Å². The highest BCUT2D eigenvalue weighted by atomic mass is 16.8. The van der Waals surface area contributed by atoms with Crippen LogP contribution in [0, 0.1) is 0 Å². The van der Waals surface area contributed by atoms with Gasteiger partial charge >= 0.3 is 5.97 Å². The summed E-state index contributed by atoms with van der Waals surface area (Å²) in [4.78, 5) is 10.9. The van der Waals surface area contributed by atoms with Gasteiger partial charge < -0.3 is 14.2 Å². The van der Waals surface area contributed by atoms with Crippen molar-refractivity contribution >= 4 is 5.97 Å². The Labute approximate surface area is 70.8 Å². The molecule has 0 bridgehead atoms. The largest absolute Gasteiger partial charge is 0.460 e. The molecule has 2 rings (SSSR count). The van der Waals surface area contributed by atoms with Crippen molar-refractivity contribution in [2.24, 2.45) is 0 Å². The number of hydrogen-bond acceptors (Lipinski definition) is 4. The van der Waals surface area contributed by atoms with Crippen molar-refractivity contribution in [2.45, 2.75) is 25.0 Å². The zero-order chi connectivity index (χ0) is 8.44. The lowest BCUT2D eigenvalue weighted by Crippen LogP contribution is -2.34. The van der Waals surface area contributed by atoms with Crippen LogP contribution in [0.4, 0.5) is 0 Å². The Morgan fingerprint density at radius 1 is 1.25 bits per heavy atom. The van der Waals surface area contributed by atoms with E-state index in [1.165, 1.54) is 0 Å². The minimum Gasteiger partial charge on any atom is -0.460 e. The fourth-order valence-corrected chi connectivity index (χ4v) is 1.56. The summed E-state index contributed by atoms with van der Waals surface area (Å²) in [5, 5.41) is 0.